The number of amides is 1. The number of aliphatic hydroxyl groups excluding tert-OH is 3. The Balaban J connectivity index is 1.30. The minimum absolute atomic E-state index is 0.00932. The molecule has 5 aromatic carbocycles. The largest absolute Gasteiger partial charge is 0.459 e. The summed E-state index contributed by atoms with van der Waals surface area (Å²) in [7, 11) is 0. The fourth-order valence-electron chi connectivity index (χ4n) is 10.7. The van der Waals surface area contributed by atoms with E-state index in [1.165, 1.54) is 12.1 Å². The van der Waals surface area contributed by atoms with Gasteiger partial charge in [0.2, 0.25) is 5.79 Å². The zero-order valence-electron chi connectivity index (χ0n) is 40.8. The highest BCUT2D eigenvalue weighted by Crippen LogP contribution is 2.62. The molecule has 6 atom stereocenters. The Hall–Kier alpha value is -7.19. The van der Waals surface area contributed by atoms with Gasteiger partial charge < -0.3 is 44.0 Å². The van der Waals surface area contributed by atoms with E-state index in [9.17, 15) is 30.7 Å². The molecule has 5 aromatic rings. The summed E-state index contributed by atoms with van der Waals surface area (Å²) in [4.78, 5) is 34.1. The van der Waals surface area contributed by atoms with Gasteiger partial charge in [-0.2, -0.15) is 5.26 Å². The molecule has 15 nitrogen and oxygen atoms in total. The second kappa shape index (κ2) is 25.0. The predicted octanol–water partition coefficient (Wildman–Crippen LogP) is 9.91. The standard InChI is InChI=1S/C58H62N4O11/c1-2-32-70-58-54(61(28-33-69-34-31-65)57(66)44-18-14-40(38-59)15-19-44)37-52(60-71-39-41-16-22-46(23-17-41)62(67)68)50-35-45(12-6-8-29-63)49(13-7-9-30-64)55(56(50)58)51-36-48(26-27-53(51)73-58)72-47-24-20-43(21-25-47)42-10-4-3-5-11-42/h2-5,10-11,14-27,35-36,45,49,54-56,63-65H,1,6-9,12-13,28-34,37,39H2/t45-,49+,54-,55+,56+,58+/m0/s1. The van der Waals surface area contributed by atoms with Crippen LogP contribution in [0.2, 0.25) is 0 Å². The smallest absolute Gasteiger partial charge is 0.269 e. The molecule has 15 heteroatoms. The Morgan fingerprint density at radius 1 is 0.877 bits per heavy atom. The number of nitriles is 1. The highest BCUT2D eigenvalue weighted by Gasteiger charge is 2.65. The molecule has 2 aliphatic carbocycles. The summed E-state index contributed by atoms with van der Waals surface area (Å²) < 4.78 is 27.1. The third-order valence-electron chi connectivity index (χ3n) is 14.0. The molecule has 380 valence electrons. The topological polar surface area (TPSA) is 206 Å². The van der Waals surface area contributed by atoms with E-state index in [1.807, 2.05) is 60.7 Å². The number of allylic oxidation sites excluding steroid dienone is 1. The number of benzene rings is 5. The first-order chi connectivity index (χ1) is 35.7. The Morgan fingerprint density at radius 3 is 2.27 bits per heavy atom. The summed E-state index contributed by atoms with van der Waals surface area (Å²) in [6.07, 6.45) is 8.10. The molecule has 73 heavy (non-hydrogen) atoms. The summed E-state index contributed by atoms with van der Waals surface area (Å²) in [5.41, 5.74) is 5.68. The molecule has 1 saturated carbocycles. The van der Waals surface area contributed by atoms with Crippen LogP contribution in [0.1, 0.15) is 77.9 Å². The van der Waals surface area contributed by atoms with Crippen LogP contribution in [0.5, 0.6) is 17.2 Å². The Bertz CT molecular complexity index is 2760. The molecule has 0 aromatic heterocycles. The van der Waals surface area contributed by atoms with Crippen molar-refractivity contribution in [3.05, 3.63) is 178 Å². The minimum atomic E-state index is -1.59. The average Bonchev–Trinajstić information content (AvgIpc) is 3.42. The van der Waals surface area contributed by atoms with Crippen molar-refractivity contribution in [1.82, 2.24) is 4.90 Å². The van der Waals surface area contributed by atoms with Gasteiger partial charge in [-0.3, -0.25) is 14.9 Å². The molecule has 0 bridgehead atoms. The van der Waals surface area contributed by atoms with Crippen LogP contribution in [0.4, 0.5) is 5.69 Å². The molecule has 0 unspecified atom stereocenters. The van der Waals surface area contributed by atoms with E-state index in [0.29, 0.717) is 52.5 Å². The molecule has 3 N–H and O–H groups in total. The Kier molecular flexibility index (Phi) is 17.8. The SMILES string of the molecule is C=CCO[C@@]12Oc3ccc(Oc4ccc(-c5ccccc5)cc4)cc3[C@H]3[C@H](CCCCO)[C@@H](CCCCO)C=C(C(=NOCc4ccc([N+](=O)[O-])cc4)C[C@@H]1N(CCOCCO)C(=O)c1ccc(C#N)cc1)[C@H]32. The fourth-order valence-corrected chi connectivity index (χ4v) is 10.7. The first-order valence-electron chi connectivity index (χ1n) is 25.0. The normalized spacial score (nSPS) is 21.2. The van der Waals surface area contributed by atoms with Gasteiger partial charge in [-0.25, -0.2) is 0 Å². The average molecular weight is 991 g/mol. The quantitative estimate of drug-likeness (QED) is 0.0216. The highest BCUT2D eigenvalue weighted by molar-refractivity contribution is 6.03. The maximum absolute atomic E-state index is 15.2. The second-order valence-electron chi connectivity index (χ2n) is 18.5. The number of oxime groups is 1. The van der Waals surface area contributed by atoms with E-state index >= 15 is 4.79 Å². The summed E-state index contributed by atoms with van der Waals surface area (Å²) >= 11 is 0. The third-order valence-corrected chi connectivity index (χ3v) is 14.0. The molecule has 8 rings (SSSR count). The number of hydrogen-bond donors (Lipinski definition) is 3. The lowest BCUT2D eigenvalue weighted by Crippen LogP contribution is -2.70. The Morgan fingerprint density at radius 2 is 1.59 bits per heavy atom. The van der Waals surface area contributed by atoms with E-state index in [2.05, 4.69) is 30.9 Å². The van der Waals surface area contributed by atoms with Crippen LogP contribution >= 0.6 is 0 Å². The van der Waals surface area contributed by atoms with Crippen molar-refractivity contribution in [3.8, 4) is 34.4 Å². The number of rotatable bonds is 25. The number of aliphatic hydroxyl groups is 3. The van der Waals surface area contributed by atoms with Crippen molar-refractivity contribution in [2.24, 2.45) is 22.9 Å². The molecule has 0 radical (unpaired) electrons. The van der Waals surface area contributed by atoms with Crippen molar-refractivity contribution >= 4 is 17.3 Å². The van der Waals surface area contributed by atoms with E-state index in [1.54, 1.807) is 47.4 Å². The molecule has 0 saturated heterocycles. The molecule has 1 aliphatic heterocycles. The van der Waals surface area contributed by atoms with E-state index in [-0.39, 0.29) is 88.6 Å². The van der Waals surface area contributed by atoms with Gasteiger partial charge in [0.05, 0.1) is 54.6 Å². The predicted molar refractivity (Wildman–Crippen MR) is 275 cm³/mol. The van der Waals surface area contributed by atoms with Gasteiger partial charge in [0.1, 0.15) is 29.9 Å². The Labute approximate surface area is 425 Å². The molecular formula is C58H62N4O11. The van der Waals surface area contributed by atoms with E-state index in [4.69, 9.17) is 28.9 Å². The van der Waals surface area contributed by atoms with Gasteiger partial charge in [0, 0.05) is 55.4 Å². The molecule has 3 aliphatic rings. The van der Waals surface area contributed by atoms with Crippen LogP contribution in [0.3, 0.4) is 0 Å². The van der Waals surface area contributed by atoms with Gasteiger partial charge in [-0.1, -0.05) is 72.6 Å². The highest BCUT2D eigenvalue weighted by atomic mass is 16.7. The number of nitro groups is 1. The first kappa shape index (κ1) is 52.1. The van der Waals surface area contributed by atoms with Crippen LogP contribution in [0.15, 0.2) is 151 Å². The van der Waals surface area contributed by atoms with Crippen molar-refractivity contribution < 1.29 is 48.8 Å². The third kappa shape index (κ3) is 12.0. The van der Waals surface area contributed by atoms with Crippen molar-refractivity contribution in [3.63, 3.8) is 0 Å². The number of fused-ring (bicyclic) bond motifs is 2. The second-order valence-corrected chi connectivity index (χ2v) is 18.5. The number of ether oxygens (including phenoxy) is 4. The van der Waals surface area contributed by atoms with Gasteiger partial charge in [-0.15, -0.1) is 6.58 Å². The number of nitrogens with zero attached hydrogens (tertiary/aromatic N) is 4. The van der Waals surface area contributed by atoms with E-state index in [0.717, 1.165) is 47.9 Å². The lowest BCUT2D eigenvalue weighted by Gasteiger charge is -2.60. The summed E-state index contributed by atoms with van der Waals surface area (Å²) in [5, 5.41) is 55.8. The number of non-ortho nitro benzene ring substituents is 1. The molecule has 1 fully saturated rings. The maximum Gasteiger partial charge on any atom is 0.269 e. The lowest BCUT2D eigenvalue weighted by molar-refractivity contribution is -0.384. The number of carbonyl (C=O) groups is 1. The zero-order chi connectivity index (χ0) is 51.2. The first-order valence-corrected chi connectivity index (χ1v) is 25.0. The van der Waals surface area contributed by atoms with Crippen LogP contribution in [-0.4, -0.2) is 94.8 Å². The number of nitro benzene ring substituents is 1. The van der Waals surface area contributed by atoms with Crippen molar-refractivity contribution in [2.75, 3.05) is 46.2 Å². The van der Waals surface area contributed by atoms with Gasteiger partial charge in [0.25, 0.3) is 11.6 Å². The van der Waals surface area contributed by atoms with Gasteiger partial charge in [-0.05, 0) is 127 Å². The van der Waals surface area contributed by atoms with Crippen molar-refractivity contribution in [2.45, 2.75) is 69.3 Å². The number of carbonyl (C=O) groups excluding carboxylic acids is 1. The van der Waals surface area contributed by atoms with Crippen LogP contribution in [-0.2, 0) is 20.9 Å². The van der Waals surface area contributed by atoms with Crippen LogP contribution in [0.25, 0.3) is 11.1 Å². The molecule has 1 heterocycles. The number of hydrogen-bond acceptors (Lipinski definition) is 13. The zero-order valence-corrected chi connectivity index (χ0v) is 40.8. The monoisotopic (exact) mass is 990 g/mol. The summed E-state index contributed by atoms with van der Waals surface area (Å²) in [6.45, 7) is 4.07. The van der Waals surface area contributed by atoms with Crippen LogP contribution < -0.4 is 9.47 Å². The summed E-state index contributed by atoms with van der Waals surface area (Å²) in [6, 6.07) is 37.5. The molecule has 1 amide bonds. The minimum Gasteiger partial charge on any atom is -0.459 e. The summed E-state index contributed by atoms with van der Waals surface area (Å²) in [5.74, 6) is -1.29. The lowest BCUT2D eigenvalue weighted by atomic mass is 9.55. The fraction of sp³-hybridized carbons (Fsp3) is 0.362. The number of unbranched alkanes of at least 4 members (excludes halogenated alkanes) is 2. The van der Waals surface area contributed by atoms with E-state index < -0.39 is 22.7 Å². The van der Waals surface area contributed by atoms with Crippen molar-refractivity contribution in [1.29, 1.82) is 5.26 Å². The van der Waals surface area contributed by atoms with Crippen LogP contribution in [0, 0.1) is 39.2 Å². The molecule has 0 spiro atoms. The van der Waals surface area contributed by atoms with Gasteiger partial charge >= 0.3 is 0 Å². The van der Waals surface area contributed by atoms with Gasteiger partial charge in [0.15, 0.2) is 0 Å². The molecular weight excluding hydrogens is 929 g/mol. The maximum atomic E-state index is 15.2.